The molecule has 0 aliphatic carbocycles. The first-order valence-electron chi connectivity index (χ1n) is 14.6. The van der Waals surface area contributed by atoms with E-state index in [4.69, 9.17) is 9.15 Å². The third-order valence-corrected chi connectivity index (χ3v) is 7.04. The Bertz CT molecular complexity index is 1180. The Kier molecular flexibility index (Phi) is 13.3. The van der Waals surface area contributed by atoms with Gasteiger partial charge in [0.05, 0.1) is 6.61 Å². The number of hydrogen-bond acceptors (Lipinski definition) is 4. The third kappa shape index (κ3) is 9.86. The molecule has 1 heterocycles. The maximum atomic E-state index is 12.4. The summed E-state index contributed by atoms with van der Waals surface area (Å²) in [5.41, 5.74) is 0.927. The second-order valence-corrected chi connectivity index (χ2v) is 10.1. The number of hydrogen-bond donors (Lipinski definition) is 0. The fourth-order valence-corrected chi connectivity index (χ4v) is 4.83. The van der Waals surface area contributed by atoms with Crippen LogP contribution in [0, 0.1) is 11.3 Å². The van der Waals surface area contributed by atoms with Crippen molar-refractivity contribution in [2.45, 2.75) is 96.8 Å². The summed E-state index contributed by atoms with van der Waals surface area (Å²) < 4.78 is 11.3. The first-order valence-corrected chi connectivity index (χ1v) is 14.6. The molecular weight excluding hydrogens is 470 g/mol. The van der Waals surface area contributed by atoms with E-state index >= 15 is 0 Å². The number of unbranched alkanes of at least 4 members (excludes halogenated alkanes) is 13. The van der Waals surface area contributed by atoms with Crippen LogP contribution >= 0.6 is 0 Å². The monoisotopic (exact) mass is 513 g/mol. The minimum atomic E-state index is -0.592. The summed E-state index contributed by atoms with van der Waals surface area (Å²) in [4.78, 5) is 12.4. The Morgan fingerprint density at radius 1 is 0.789 bits per heavy atom. The number of ether oxygens (including phenoxy) is 1. The van der Waals surface area contributed by atoms with Crippen LogP contribution in [0.2, 0.25) is 0 Å². The van der Waals surface area contributed by atoms with Crippen molar-refractivity contribution in [1.29, 1.82) is 5.26 Å². The van der Waals surface area contributed by atoms with E-state index < -0.39 is 5.97 Å². The van der Waals surface area contributed by atoms with E-state index in [0.29, 0.717) is 18.1 Å². The van der Waals surface area contributed by atoms with Crippen LogP contribution in [0.25, 0.3) is 28.2 Å². The first kappa shape index (κ1) is 29.2. The molecule has 0 saturated carbocycles. The van der Waals surface area contributed by atoms with Crippen LogP contribution in [0.5, 0.6) is 0 Å². The number of rotatable bonds is 18. The van der Waals surface area contributed by atoms with E-state index in [0.717, 1.165) is 29.2 Å². The molecule has 38 heavy (non-hydrogen) atoms. The van der Waals surface area contributed by atoms with Gasteiger partial charge in [0.25, 0.3) is 0 Å². The van der Waals surface area contributed by atoms with Crippen LogP contribution in [0.15, 0.2) is 64.6 Å². The maximum Gasteiger partial charge on any atom is 0.349 e. The van der Waals surface area contributed by atoms with Gasteiger partial charge in [-0.05, 0) is 29.3 Å². The Morgan fingerprint density at radius 2 is 1.39 bits per heavy atom. The number of esters is 1. The zero-order valence-electron chi connectivity index (χ0n) is 23.1. The summed E-state index contributed by atoms with van der Waals surface area (Å²) in [6.45, 7) is 2.61. The smallest absolute Gasteiger partial charge is 0.349 e. The van der Waals surface area contributed by atoms with Crippen molar-refractivity contribution in [3.63, 3.8) is 0 Å². The van der Waals surface area contributed by atoms with Crippen LogP contribution in [0.4, 0.5) is 0 Å². The summed E-state index contributed by atoms with van der Waals surface area (Å²) in [7, 11) is 0. The van der Waals surface area contributed by atoms with Crippen molar-refractivity contribution in [2.75, 3.05) is 6.61 Å². The predicted octanol–water partition coefficient (Wildman–Crippen LogP) is 10.0. The quantitative estimate of drug-likeness (QED) is 0.0734. The molecule has 0 unspecified atom stereocenters. The lowest BCUT2D eigenvalue weighted by Crippen LogP contribution is -2.07. The molecular formula is C34H43NO3. The fraction of sp³-hybridized carbons (Fsp3) is 0.471. The van der Waals surface area contributed by atoms with Gasteiger partial charge in [0, 0.05) is 11.6 Å². The van der Waals surface area contributed by atoms with Crippen molar-refractivity contribution in [3.05, 3.63) is 65.9 Å². The highest BCUT2D eigenvalue weighted by atomic mass is 16.5. The average molecular weight is 514 g/mol. The van der Waals surface area contributed by atoms with Crippen molar-refractivity contribution in [1.82, 2.24) is 0 Å². The van der Waals surface area contributed by atoms with Gasteiger partial charge in [0.1, 0.15) is 23.2 Å². The Labute approximate surface area is 228 Å². The van der Waals surface area contributed by atoms with Gasteiger partial charge in [-0.3, -0.25) is 0 Å². The molecule has 3 aromatic rings. The minimum Gasteiger partial charge on any atom is -0.462 e. The van der Waals surface area contributed by atoms with E-state index in [1.165, 1.54) is 83.1 Å². The third-order valence-electron chi connectivity index (χ3n) is 7.04. The zero-order chi connectivity index (χ0) is 26.8. The highest BCUT2D eigenvalue weighted by Gasteiger charge is 2.13. The molecule has 4 heteroatoms. The molecule has 0 radical (unpaired) electrons. The number of benzene rings is 2. The van der Waals surface area contributed by atoms with E-state index in [-0.39, 0.29) is 5.57 Å². The Morgan fingerprint density at radius 3 is 2.05 bits per heavy atom. The van der Waals surface area contributed by atoms with Gasteiger partial charge in [0.15, 0.2) is 0 Å². The number of fused-ring (bicyclic) bond motifs is 1. The topological polar surface area (TPSA) is 63.2 Å². The SMILES string of the molecule is CCCCCCCCCCCCCCCCOC(=O)/C(C#N)=C/c1ccc(-c2cccc3ccccc23)o1. The molecule has 2 aromatic carbocycles. The molecule has 0 bridgehead atoms. The number of carbonyl (C=O) groups is 1. The van der Waals surface area contributed by atoms with Gasteiger partial charge in [-0.2, -0.15) is 5.26 Å². The van der Waals surface area contributed by atoms with Crippen LogP contribution in [0.1, 0.15) is 103 Å². The summed E-state index contributed by atoms with van der Waals surface area (Å²) in [6.07, 6.45) is 19.4. The number of carbonyl (C=O) groups excluding carboxylic acids is 1. The highest BCUT2D eigenvalue weighted by Crippen LogP contribution is 2.30. The van der Waals surface area contributed by atoms with Gasteiger partial charge in [0.2, 0.25) is 0 Å². The van der Waals surface area contributed by atoms with Crippen LogP contribution < -0.4 is 0 Å². The molecule has 4 nitrogen and oxygen atoms in total. The van der Waals surface area contributed by atoms with Gasteiger partial charge in [-0.1, -0.05) is 133 Å². The normalized spacial score (nSPS) is 11.5. The number of nitrogens with zero attached hydrogens (tertiary/aromatic N) is 1. The summed E-state index contributed by atoms with van der Waals surface area (Å²) in [5, 5.41) is 11.7. The zero-order valence-corrected chi connectivity index (χ0v) is 23.1. The highest BCUT2D eigenvalue weighted by molar-refractivity contribution is 5.98. The lowest BCUT2D eigenvalue weighted by molar-refractivity contribution is -0.138. The molecule has 0 spiro atoms. The molecule has 1 aromatic heterocycles. The second kappa shape index (κ2) is 17.2. The number of nitriles is 1. The van der Waals surface area contributed by atoms with E-state index in [9.17, 15) is 10.1 Å². The van der Waals surface area contributed by atoms with E-state index in [1.807, 2.05) is 36.4 Å². The first-order chi connectivity index (χ1) is 18.7. The molecule has 0 aliphatic rings. The maximum absolute atomic E-state index is 12.4. The minimum absolute atomic E-state index is 0.0471. The number of furan rings is 1. The fourth-order valence-electron chi connectivity index (χ4n) is 4.83. The van der Waals surface area contributed by atoms with Crippen LogP contribution in [-0.4, -0.2) is 12.6 Å². The molecule has 0 aliphatic heterocycles. The van der Waals surface area contributed by atoms with Crippen molar-refractivity contribution >= 4 is 22.8 Å². The summed E-state index contributed by atoms with van der Waals surface area (Å²) >= 11 is 0. The molecule has 0 fully saturated rings. The molecule has 0 saturated heterocycles. The van der Waals surface area contributed by atoms with Gasteiger partial charge >= 0.3 is 5.97 Å². The molecule has 202 valence electrons. The van der Waals surface area contributed by atoms with Crippen molar-refractivity contribution in [2.24, 2.45) is 0 Å². The lowest BCUT2D eigenvalue weighted by Gasteiger charge is -2.05. The summed E-state index contributed by atoms with van der Waals surface area (Å²) in [5.74, 6) is 0.560. The summed E-state index contributed by atoms with van der Waals surface area (Å²) in [6, 6.07) is 19.8. The van der Waals surface area contributed by atoms with Gasteiger partial charge < -0.3 is 9.15 Å². The van der Waals surface area contributed by atoms with Crippen molar-refractivity contribution < 1.29 is 13.9 Å². The standard InChI is InChI=1S/C34H43NO3/c1-2-3-4-5-6-7-8-9-10-11-12-13-14-17-25-37-34(36)29(27-35)26-30-23-24-33(38-30)32-22-18-20-28-19-15-16-21-31(28)32/h15-16,18-24,26H,2-14,17,25H2,1H3/b29-26+. The van der Waals surface area contributed by atoms with Crippen molar-refractivity contribution in [3.8, 4) is 17.4 Å². The molecule has 0 N–H and O–H groups in total. The molecule has 0 amide bonds. The Balaban J connectivity index is 1.31. The van der Waals surface area contributed by atoms with E-state index in [2.05, 4.69) is 25.1 Å². The van der Waals surface area contributed by atoms with Gasteiger partial charge in [-0.25, -0.2) is 4.79 Å². The molecule has 0 atom stereocenters. The lowest BCUT2D eigenvalue weighted by atomic mass is 10.0. The van der Waals surface area contributed by atoms with Crippen LogP contribution in [-0.2, 0) is 9.53 Å². The Hall–Kier alpha value is -3.32. The largest absolute Gasteiger partial charge is 0.462 e. The molecule has 3 rings (SSSR count). The van der Waals surface area contributed by atoms with Gasteiger partial charge in [-0.15, -0.1) is 0 Å². The second-order valence-electron chi connectivity index (χ2n) is 10.1. The predicted molar refractivity (Wildman–Crippen MR) is 157 cm³/mol. The van der Waals surface area contributed by atoms with E-state index in [1.54, 1.807) is 6.07 Å². The average Bonchev–Trinajstić information content (AvgIpc) is 3.41. The van der Waals surface area contributed by atoms with Crippen LogP contribution in [0.3, 0.4) is 0 Å².